The second kappa shape index (κ2) is 4.98. The first-order valence-electron chi connectivity index (χ1n) is 4.35. The molecule has 0 aromatic rings. The Morgan fingerprint density at radius 3 is 2.83 bits per heavy atom. The maximum atomic E-state index is 10.9. The summed E-state index contributed by atoms with van der Waals surface area (Å²) in [6.45, 7) is 3.88. The third kappa shape index (κ3) is 3.09. The van der Waals surface area contributed by atoms with E-state index in [1.165, 1.54) is 0 Å². The molecule has 4 heteroatoms. The van der Waals surface area contributed by atoms with Crippen molar-refractivity contribution >= 4 is 6.09 Å². The monoisotopic (exact) mass is 173 g/mol. The van der Waals surface area contributed by atoms with Gasteiger partial charge in [-0.1, -0.05) is 0 Å². The number of carbonyl (C=O) groups excluding carboxylic acids is 1. The van der Waals surface area contributed by atoms with Crippen LogP contribution >= 0.6 is 0 Å². The summed E-state index contributed by atoms with van der Waals surface area (Å²) in [6.07, 6.45) is 1.36. The van der Waals surface area contributed by atoms with Crippen molar-refractivity contribution in [3.05, 3.63) is 0 Å². The fourth-order valence-electron chi connectivity index (χ4n) is 1.13. The summed E-state index contributed by atoms with van der Waals surface area (Å²) in [4.78, 5) is 10.9. The molecular formula is C8H15NO3. The van der Waals surface area contributed by atoms with E-state index in [1.807, 2.05) is 6.92 Å². The van der Waals surface area contributed by atoms with Crippen LogP contribution in [-0.2, 0) is 9.47 Å². The van der Waals surface area contributed by atoms with Gasteiger partial charge in [0.25, 0.3) is 0 Å². The van der Waals surface area contributed by atoms with Crippen molar-refractivity contribution in [3.63, 3.8) is 0 Å². The molecule has 0 bridgehead atoms. The van der Waals surface area contributed by atoms with E-state index < -0.39 is 0 Å². The minimum atomic E-state index is -0.315. The first-order chi connectivity index (χ1) is 5.83. The van der Waals surface area contributed by atoms with Gasteiger partial charge in [-0.25, -0.2) is 4.79 Å². The van der Waals surface area contributed by atoms with Crippen LogP contribution in [0.3, 0.4) is 0 Å². The summed E-state index contributed by atoms with van der Waals surface area (Å²) in [6, 6.07) is 0. The number of amides is 1. The van der Waals surface area contributed by atoms with Crippen molar-refractivity contribution in [3.8, 4) is 0 Å². The topological polar surface area (TPSA) is 47.6 Å². The van der Waals surface area contributed by atoms with Crippen LogP contribution in [0.4, 0.5) is 4.79 Å². The molecule has 0 unspecified atom stereocenters. The molecule has 0 saturated carbocycles. The van der Waals surface area contributed by atoms with E-state index >= 15 is 0 Å². The summed E-state index contributed by atoms with van der Waals surface area (Å²) in [5.74, 6) is 0. The lowest BCUT2D eigenvalue weighted by Crippen LogP contribution is -2.32. The van der Waals surface area contributed by atoms with Gasteiger partial charge in [0, 0.05) is 19.4 Å². The molecule has 0 aromatic carbocycles. The molecule has 0 atom stereocenters. The molecule has 1 saturated heterocycles. The molecule has 1 rings (SSSR count). The van der Waals surface area contributed by atoms with Gasteiger partial charge >= 0.3 is 6.09 Å². The van der Waals surface area contributed by atoms with Gasteiger partial charge in [0.2, 0.25) is 0 Å². The maximum absolute atomic E-state index is 10.9. The van der Waals surface area contributed by atoms with E-state index in [1.54, 1.807) is 0 Å². The largest absolute Gasteiger partial charge is 0.446 e. The fraction of sp³-hybridized carbons (Fsp3) is 0.875. The van der Waals surface area contributed by atoms with Crippen LogP contribution in [0.2, 0.25) is 0 Å². The van der Waals surface area contributed by atoms with Crippen molar-refractivity contribution in [2.75, 3.05) is 19.8 Å². The fourth-order valence-corrected chi connectivity index (χ4v) is 1.13. The van der Waals surface area contributed by atoms with Gasteiger partial charge in [0.05, 0.1) is 13.2 Å². The molecule has 1 aliphatic rings. The Balaban J connectivity index is 2.15. The van der Waals surface area contributed by atoms with E-state index in [9.17, 15) is 4.79 Å². The molecule has 0 aliphatic carbocycles. The van der Waals surface area contributed by atoms with Crippen LogP contribution < -0.4 is 5.32 Å². The van der Waals surface area contributed by atoms with Crippen LogP contribution in [0.15, 0.2) is 0 Å². The van der Waals surface area contributed by atoms with Gasteiger partial charge in [-0.2, -0.15) is 0 Å². The lowest BCUT2D eigenvalue weighted by molar-refractivity contribution is 0.00180. The van der Waals surface area contributed by atoms with E-state index in [0.717, 1.165) is 12.8 Å². The van der Waals surface area contributed by atoms with E-state index in [-0.39, 0.29) is 12.2 Å². The minimum Gasteiger partial charge on any atom is -0.446 e. The quantitative estimate of drug-likeness (QED) is 0.675. The standard InChI is InChI=1S/C8H15NO3/c1-2-9-8(10)12-7-3-5-11-6-4-7/h7H,2-6H2,1H3,(H,9,10). The molecule has 1 aliphatic heterocycles. The van der Waals surface area contributed by atoms with E-state index in [0.29, 0.717) is 19.8 Å². The Labute approximate surface area is 72.2 Å². The van der Waals surface area contributed by atoms with Gasteiger partial charge in [0.1, 0.15) is 6.10 Å². The van der Waals surface area contributed by atoms with Crippen molar-refractivity contribution in [1.82, 2.24) is 5.32 Å². The number of hydrogen-bond donors (Lipinski definition) is 1. The number of rotatable bonds is 2. The number of ether oxygens (including phenoxy) is 2. The zero-order valence-corrected chi connectivity index (χ0v) is 7.34. The smallest absolute Gasteiger partial charge is 0.407 e. The van der Waals surface area contributed by atoms with Crippen molar-refractivity contribution in [1.29, 1.82) is 0 Å². The maximum Gasteiger partial charge on any atom is 0.407 e. The van der Waals surface area contributed by atoms with Gasteiger partial charge in [0.15, 0.2) is 0 Å². The third-order valence-electron chi connectivity index (χ3n) is 1.76. The Hall–Kier alpha value is -0.770. The average molecular weight is 173 g/mol. The summed E-state index contributed by atoms with van der Waals surface area (Å²) in [5, 5.41) is 2.59. The van der Waals surface area contributed by atoms with Crippen LogP contribution in [0.5, 0.6) is 0 Å². The Bertz CT molecular complexity index is 143. The van der Waals surface area contributed by atoms with Crippen LogP contribution in [-0.4, -0.2) is 32.0 Å². The highest BCUT2D eigenvalue weighted by Crippen LogP contribution is 2.10. The van der Waals surface area contributed by atoms with E-state index in [2.05, 4.69) is 5.32 Å². The lowest BCUT2D eigenvalue weighted by atomic mass is 10.2. The van der Waals surface area contributed by atoms with Gasteiger partial charge < -0.3 is 14.8 Å². The van der Waals surface area contributed by atoms with E-state index in [4.69, 9.17) is 9.47 Å². The highest BCUT2D eigenvalue weighted by Gasteiger charge is 2.17. The summed E-state index contributed by atoms with van der Waals surface area (Å²) in [7, 11) is 0. The normalized spacial score (nSPS) is 18.8. The molecule has 1 fully saturated rings. The van der Waals surface area contributed by atoms with Gasteiger partial charge in [-0.05, 0) is 6.92 Å². The molecule has 0 aromatic heterocycles. The SMILES string of the molecule is CCNC(=O)OC1CCOCC1. The second-order valence-corrected chi connectivity index (χ2v) is 2.75. The summed E-state index contributed by atoms with van der Waals surface area (Å²) < 4.78 is 10.2. The molecule has 0 radical (unpaired) electrons. The Morgan fingerprint density at radius 2 is 2.25 bits per heavy atom. The predicted octanol–water partition coefficient (Wildman–Crippen LogP) is 0.912. The second-order valence-electron chi connectivity index (χ2n) is 2.75. The first-order valence-corrected chi connectivity index (χ1v) is 4.35. The van der Waals surface area contributed by atoms with Gasteiger partial charge in [-0.15, -0.1) is 0 Å². The molecule has 1 heterocycles. The van der Waals surface area contributed by atoms with Crippen molar-refractivity contribution < 1.29 is 14.3 Å². The average Bonchev–Trinajstić information content (AvgIpc) is 2.06. The van der Waals surface area contributed by atoms with Gasteiger partial charge in [-0.3, -0.25) is 0 Å². The highest BCUT2D eigenvalue weighted by molar-refractivity contribution is 5.67. The first kappa shape index (κ1) is 9.32. The number of nitrogens with one attached hydrogen (secondary N) is 1. The van der Waals surface area contributed by atoms with Crippen LogP contribution in [0.1, 0.15) is 19.8 Å². The summed E-state index contributed by atoms with van der Waals surface area (Å²) >= 11 is 0. The van der Waals surface area contributed by atoms with Crippen LogP contribution in [0, 0.1) is 0 Å². The Morgan fingerprint density at radius 1 is 1.58 bits per heavy atom. The predicted molar refractivity (Wildman–Crippen MR) is 44.0 cm³/mol. The molecule has 0 spiro atoms. The molecule has 4 nitrogen and oxygen atoms in total. The van der Waals surface area contributed by atoms with Crippen LogP contribution in [0.25, 0.3) is 0 Å². The summed E-state index contributed by atoms with van der Waals surface area (Å²) in [5.41, 5.74) is 0. The highest BCUT2D eigenvalue weighted by atomic mass is 16.6. The zero-order valence-electron chi connectivity index (χ0n) is 7.34. The minimum absolute atomic E-state index is 0.0466. The number of carbonyl (C=O) groups is 1. The third-order valence-corrected chi connectivity index (χ3v) is 1.76. The Kier molecular flexibility index (Phi) is 3.87. The molecule has 1 N–H and O–H groups in total. The molecule has 70 valence electrons. The molecular weight excluding hydrogens is 158 g/mol. The number of hydrogen-bond acceptors (Lipinski definition) is 3. The van der Waals surface area contributed by atoms with Crippen molar-refractivity contribution in [2.24, 2.45) is 0 Å². The molecule has 12 heavy (non-hydrogen) atoms. The molecule has 1 amide bonds. The lowest BCUT2D eigenvalue weighted by Gasteiger charge is -2.21. The van der Waals surface area contributed by atoms with Crippen molar-refractivity contribution in [2.45, 2.75) is 25.9 Å². The zero-order chi connectivity index (χ0) is 8.81. The number of alkyl carbamates (subject to hydrolysis) is 1.